The maximum absolute atomic E-state index is 11.7. The zero-order chi connectivity index (χ0) is 10.7. The molecule has 0 bridgehead atoms. The lowest BCUT2D eigenvalue weighted by Crippen LogP contribution is -2.32. The molecule has 1 unspecified atom stereocenters. The molecule has 1 aliphatic heterocycles. The van der Waals surface area contributed by atoms with Crippen molar-refractivity contribution in [1.29, 1.82) is 0 Å². The standard InChI is InChI=1S/C11H19NO2/c1-4-9-7-10(13)12(11(9)14)6-5-8(2)3/h8-9H,4-7H2,1-3H3. The Kier molecular flexibility index (Phi) is 3.67. The van der Waals surface area contributed by atoms with E-state index in [2.05, 4.69) is 13.8 Å². The molecule has 1 heterocycles. The van der Waals surface area contributed by atoms with E-state index in [1.165, 1.54) is 4.90 Å². The molecule has 1 atom stereocenters. The van der Waals surface area contributed by atoms with Gasteiger partial charge in [0, 0.05) is 18.9 Å². The van der Waals surface area contributed by atoms with E-state index in [0.29, 0.717) is 18.9 Å². The molecule has 1 saturated heterocycles. The molecular weight excluding hydrogens is 178 g/mol. The second-order valence-electron chi connectivity index (χ2n) is 4.38. The fourth-order valence-electron chi connectivity index (χ4n) is 1.69. The Bertz CT molecular complexity index is 235. The topological polar surface area (TPSA) is 37.4 Å². The summed E-state index contributed by atoms with van der Waals surface area (Å²) < 4.78 is 0. The fraction of sp³-hybridized carbons (Fsp3) is 0.818. The molecule has 0 aromatic heterocycles. The van der Waals surface area contributed by atoms with Gasteiger partial charge in [-0.2, -0.15) is 0 Å². The molecule has 1 aliphatic rings. The largest absolute Gasteiger partial charge is 0.282 e. The van der Waals surface area contributed by atoms with Gasteiger partial charge in [0.05, 0.1) is 0 Å². The van der Waals surface area contributed by atoms with E-state index >= 15 is 0 Å². The van der Waals surface area contributed by atoms with Crippen molar-refractivity contribution in [1.82, 2.24) is 4.90 Å². The second-order valence-corrected chi connectivity index (χ2v) is 4.38. The fourth-order valence-corrected chi connectivity index (χ4v) is 1.69. The highest BCUT2D eigenvalue weighted by Gasteiger charge is 2.36. The highest BCUT2D eigenvalue weighted by Crippen LogP contribution is 2.22. The average molecular weight is 197 g/mol. The highest BCUT2D eigenvalue weighted by atomic mass is 16.2. The van der Waals surface area contributed by atoms with Crippen LogP contribution >= 0.6 is 0 Å². The van der Waals surface area contributed by atoms with Gasteiger partial charge < -0.3 is 0 Å². The van der Waals surface area contributed by atoms with E-state index in [4.69, 9.17) is 0 Å². The Hall–Kier alpha value is -0.860. The number of carbonyl (C=O) groups is 2. The normalized spacial score (nSPS) is 22.6. The van der Waals surface area contributed by atoms with Crippen LogP contribution in [0.5, 0.6) is 0 Å². The van der Waals surface area contributed by atoms with Crippen LogP contribution in [0.3, 0.4) is 0 Å². The van der Waals surface area contributed by atoms with Gasteiger partial charge in [0.25, 0.3) is 0 Å². The first-order chi connectivity index (χ1) is 6.56. The lowest BCUT2D eigenvalue weighted by molar-refractivity contribution is -0.139. The number of carbonyl (C=O) groups excluding carboxylic acids is 2. The quantitative estimate of drug-likeness (QED) is 0.645. The van der Waals surface area contributed by atoms with Gasteiger partial charge in [0.2, 0.25) is 11.8 Å². The van der Waals surface area contributed by atoms with Crippen LogP contribution in [0.4, 0.5) is 0 Å². The molecule has 1 fully saturated rings. The maximum Gasteiger partial charge on any atom is 0.232 e. The molecule has 0 aromatic rings. The Balaban J connectivity index is 2.52. The van der Waals surface area contributed by atoms with E-state index in [0.717, 1.165) is 12.8 Å². The monoisotopic (exact) mass is 197 g/mol. The van der Waals surface area contributed by atoms with Crippen LogP contribution in [0.2, 0.25) is 0 Å². The first-order valence-electron chi connectivity index (χ1n) is 5.40. The van der Waals surface area contributed by atoms with Crippen molar-refractivity contribution in [2.45, 2.75) is 40.0 Å². The van der Waals surface area contributed by atoms with Crippen molar-refractivity contribution in [2.24, 2.45) is 11.8 Å². The van der Waals surface area contributed by atoms with Gasteiger partial charge in [0.1, 0.15) is 0 Å². The van der Waals surface area contributed by atoms with E-state index < -0.39 is 0 Å². The molecule has 0 saturated carbocycles. The molecule has 0 radical (unpaired) electrons. The summed E-state index contributed by atoms with van der Waals surface area (Å²) in [5, 5.41) is 0. The third-order valence-corrected chi connectivity index (χ3v) is 2.76. The summed E-state index contributed by atoms with van der Waals surface area (Å²) in [5.74, 6) is 0.548. The molecule has 1 rings (SSSR count). The van der Waals surface area contributed by atoms with Gasteiger partial charge in [-0.25, -0.2) is 0 Å². The summed E-state index contributed by atoms with van der Waals surface area (Å²) in [4.78, 5) is 24.6. The number of rotatable bonds is 4. The van der Waals surface area contributed by atoms with Crippen LogP contribution in [0.1, 0.15) is 40.0 Å². The summed E-state index contributed by atoms with van der Waals surface area (Å²) in [6.07, 6.45) is 2.12. The summed E-state index contributed by atoms with van der Waals surface area (Å²) in [5.41, 5.74) is 0. The lowest BCUT2D eigenvalue weighted by Gasteiger charge is -2.15. The minimum atomic E-state index is -0.0466. The summed E-state index contributed by atoms with van der Waals surface area (Å²) in [6, 6.07) is 0. The third-order valence-electron chi connectivity index (χ3n) is 2.76. The molecule has 14 heavy (non-hydrogen) atoms. The van der Waals surface area contributed by atoms with Crippen molar-refractivity contribution in [3.63, 3.8) is 0 Å². The van der Waals surface area contributed by atoms with E-state index in [-0.39, 0.29) is 17.7 Å². The molecule has 0 N–H and O–H groups in total. The van der Waals surface area contributed by atoms with Gasteiger partial charge in [0.15, 0.2) is 0 Å². The summed E-state index contributed by atoms with van der Waals surface area (Å²) >= 11 is 0. The molecular formula is C11H19NO2. The number of nitrogens with zero attached hydrogens (tertiary/aromatic N) is 1. The maximum atomic E-state index is 11.7. The Labute approximate surface area is 85.5 Å². The number of hydrogen-bond donors (Lipinski definition) is 0. The minimum Gasteiger partial charge on any atom is -0.282 e. The van der Waals surface area contributed by atoms with Crippen molar-refractivity contribution in [3.05, 3.63) is 0 Å². The SMILES string of the molecule is CCC1CC(=O)N(CCC(C)C)C1=O. The van der Waals surface area contributed by atoms with Crippen LogP contribution < -0.4 is 0 Å². The molecule has 80 valence electrons. The zero-order valence-electron chi connectivity index (χ0n) is 9.25. The van der Waals surface area contributed by atoms with E-state index in [9.17, 15) is 9.59 Å². The van der Waals surface area contributed by atoms with E-state index in [1.807, 2.05) is 6.92 Å². The number of hydrogen-bond acceptors (Lipinski definition) is 2. The van der Waals surface area contributed by atoms with Crippen LogP contribution in [-0.4, -0.2) is 23.3 Å². The van der Waals surface area contributed by atoms with Crippen LogP contribution in [-0.2, 0) is 9.59 Å². The van der Waals surface area contributed by atoms with Crippen molar-refractivity contribution in [3.8, 4) is 0 Å². The average Bonchev–Trinajstić information content (AvgIpc) is 2.39. The predicted molar refractivity (Wildman–Crippen MR) is 54.6 cm³/mol. The molecule has 3 nitrogen and oxygen atoms in total. The van der Waals surface area contributed by atoms with Crippen LogP contribution in [0.15, 0.2) is 0 Å². The lowest BCUT2D eigenvalue weighted by atomic mass is 10.1. The van der Waals surface area contributed by atoms with Gasteiger partial charge >= 0.3 is 0 Å². The first-order valence-corrected chi connectivity index (χ1v) is 5.40. The molecule has 0 spiro atoms. The Morgan fingerprint density at radius 3 is 2.50 bits per heavy atom. The number of amides is 2. The molecule has 2 amide bonds. The zero-order valence-corrected chi connectivity index (χ0v) is 9.25. The molecule has 3 heteroatoms. The van der Waals surface area contributed by atoms with Gasteiger partial charge in [-0.1, -0.05) is 20.8 Å². The molecule has 0 aliphatic carbocycles. The first kappa shape index (κ1) is 11.2. The minimum absolute atomic E-state index is 0.0162. The Morgan fingerprint density at radius 2 is 2.07 bits per heavy atom. The second kappa shape index (κ2) is 4.58. The smallest absolute Gasteiger partial charge is 0.232 e. The summed E-state index contributed by atoms with van der Waals surface area (Å²) in [7, 11) is 0. The van der Waals surface area contributed by atoms with Crippen LogP contribution in [0, 0.1) is 11.8 Å². The number of imide groups is 1. The van der Waals surface area contributed by atoms with Crippen LogP contribution in [0.25, 0.3) is 0 Å². The van der Waals surface area contributed by atoms with Gasteiger partial charge in [-0.15, -0.1) is 0 Å². The van der Waals surface area contributed by atoms with E-state index in [1.54, 1.807) is 0 Å². The predicted octanol–water partition coefficient (Wildman–Crippen LogP) is 1.82. The van der Waals surface area contributed by atoms with Gasteiger partial charge in [-0.05, 0) is 18.8 Å². The third kappa shape index (κ3) is 2.34. The Morgan fingerprint density at radius 1 is 1.43 bits per heavy atom. The van der Waals surface area contributed by atoms with Crippen molar-refractivity contribution in [2.75, 3.05) is 6.54 Å². The summed E-state index contributed by atoms with van der Waals surface area (Å²) in [6.45, 7) is 6.76. The van der Waals surface area contributed by atoms with Gasteiger partial charge in [-0.3, -0.25) is 14.5 Å². The van der Waals surface area contributed by atoms with Crippen molar-refractivity contribution < 1.29 is 9.59 Å². The number of likely N-dealkylation sites (tertiary alicyclic amines) is 1. The highest BCUT2D eigenvalue weighted by molar-refractivity contribution is 6.03. The molecule has 0 aromatic carbocycles. The van der Waals surface area contributed by atoms with Crippen molar-refractivity contribution >= 4 is 11.8 Å².